The Morgan fingerprint density at radius 2 is 2.10 bits per heavy atom. The van der Waals surface area contributed by atoms with Crippen LogP contribution < -0.4 is 5.69 Å². The van der Waals surface area contributed by atoms with Crippen LogP contribution in [0.3, 0.4) is 0 Å². The number of hydrogen-bond donors (Lipinski definition) is 1. The Bertz CT molecular complexity index is 880. The van der Waals surface area contributed by atoms with Crippen LogP contribution in [0.4, 0.5) is 0 Å². The molecule has 1 aliphatic rings. The summed E-state index contributed by atoms with van der Waals surface area (Å²) in [4.78, 5) is 15.2. The van der Waals surface area contributed by atoms with E-state index in [2.05, 4.69) is 31.1 Å². The van der Waals surface area contributed by atoms with E-state index in [1.54, 1.807) is 0 Å². The van der Waals surface area contributed by atoms with Gasteiger partial charge in [0.1, 0.15) is 5.52 Å². The van der Waals surface area contributed by atoms with Crippen molar-refractivity contribution >= 4 is 38.0 Å². The van der Waals surface area contributed by atoms with Gasteiger partial charge in [-0.3, -0.25) is 9.55 Å². The van der Waals surface area contributed by atoms with Crippen LogP contribution in [-0.2, 0) is 4.74 Å². The van der Waals surface area contributed by atoms with Crippen molar-refractivity contribution in [2.45, 2.75) is 18.9 Å². The highest BCUT2D eigenvalue weighted by atomic mass is 79.9. The minimum Gasteiger partial charge on any atom is -0.381 e. The van der Waals surface area contributed by atoms with Crippen molar-refractivity contribution in [3.8, 4) is 0 Å². The summed E-state index contributed by atoms with van der Waals surface area (Å²) < 4.78 is 8.17. The van der Waals surface area contributed by atoms with Crippen molar-refractivity contribution in [2.75, 3.05) is 13.2 Å². The second kappa shape index (κ2) is 4.92. The molecule has 21 heavy (non-hydrogen) atoms. The Kier molecular flexibility index (Phi) is 3.04. The van der Waals surface area contributed by atoms with E-state index in [0.29, 0.717) is 18.9 Å². The van der Waals surface area contributed by atoms with E-state index in [4.69, 9.17) is 4.74 Å². The van der Waals surface area contributed by atoms with Crippen LogP contribution in [-0.4, -0.2) is 33.0 Å². The Morgan fingerprint density at radius 3 is 2.90 bits per heavy atom. The van der Waals surface area contributed by atoms with Gasteiger partial charge in [-0.2, -0.15) is 0 Å². The van der Waals surface area contributed by atoms with Gasteiger partial charge in [0.25, 0.3) is 0 Å². The van der Waals surface area contributed by atoms with Gasteiger partial charge in [0.05, 0.1) is 5.52 Å². The Morgan fingerprint density at radius 1 is 1.29 bits per heavy atom. The quantitative estimate of drug-likeness (QED) is 0.732. The molecule has 1 aromatic carbocycles. The van der Waals surface area contributed by atoms with Crippen molar-refractivity contribution in [1.82, 2.24) is 19.7 Å². The first-order chi connectivity index (χ1) is 10.2. The largest absolute Gasteiger partial charge is 0.381 e. The molecule has 0 atom stereocenters. The normalized spacial score (nSPS) is 16.8. The molecule has 0 saturated carbocycles. The Labute approximate surface area is 128 Å². The number of rotatable bonds is 1. The standard InChI is InChI=1S/C14H13BrN4O2/c15-8-1-2-11-10(7-8)12-13(18-17-11)16-14(20)19(12)9-3-5-21-6-4-9/h1-2,7,9H,3-6H2,(H,16,18,20). The van der Waals surface area contributed by atoms with Gasteiger partial charge in [0, 0.05) is 29.1 Å². The molecule has 0 bridgehead atoms. The highest BCUT2D eigenvalue weighted by Crippen LogP contribution is 2.28. The number of nitrogens with zero attached hydrogens (tertiary/aromatic N) is 3. The predicted octanol–water partition coefficient (Wildman–Crippen LogP) is 2.39. The average molecular weight is 349 g/mol. The number of fused-ring (bicyclic) bond motifs is 3. The third kappa shape index (κ3) is 2.08. The highest BCUT2D eigenvalue weighted by Gasteiger charge is 2.22. The maximum atomic E-state index is 12.4. The summed E-state index contributed by atoms with van der Waals surface area (Å²) in [6.45, 7) is 1.37. The molecule has 4 rings (SSSR count). The van der Waals surface area contributed by atoms with E-state index in [0.717, 1.165) is 33.7 Å². The summed E-state index contributed by atoms with van der Waals surface area (Å²) in [5.74, 6) is 0. The predicted molar refractivity (Wildman–Crippen MR) is 82.4 cm³/mol. The number of benzene rings is 1. The minimum absolute atomic E-state index is 0.126. The van der Waals surface area contributed by atoms with Crippen LogP contribution >= 0.6 is 15.9 Å². The first-order valence-electron chi connectivity index (χ1n) is 6.88. The monoisotopic (exact) mass is 348 g/mol. The van der Waals surface area contributed by atoms with Crippen molar-refractivity contribution < 1.29 is 4.74 Å². The molecule has 3 heterocycles. The van der Waals surface area contributed by atoms with E-state index < -0.39 is 0 Å². The van der Waals surface area contributed by atoms with Crippen LogP contribution in [0.25, 0.3) is 22.1 Å². The van der Waals surface area contributed by atoms with Crippen LogP contribution in [0.5, 0.6) is 0 Å². The van der Waals surface area contributed by atoms with Gasteiger partial charge in [0.2, 0.25) is 0 Å². The van der Waals surface area contributed by atoms with Gasteiger partial charge >= 0.3 is 5.69 Å². The summed E-state index contributed by atoms with van der Waals surface area (Å²) in [5, 5.41) is 9.24. The van der Waals surface area contributed by atoms with Gasteiger partial charge < -0.3 is 4.74 Å². The first kappa shape index (κ1) is 13.0. The maximum Gasteiger partial charge on any atom is 0.328 e. The summed E-state index contributed by atoms with van der Waals surface area (Å²) in [7, 11) is 0. The number of halogens is 1. The molecule has 1 saturated heterocycles. The summed E-state index contributed by atoms with van der Waals surface area (Å²) in [5.41, 5.74) is 2.03. The van der Waals surface area contributed by atoms with Crippen molar-refractivity contribution in [3.05, 3.63) is 33.2 Å². The maximum absolute atomic E-state index is 12.4. The van der Waals surface area contributed by atoms with Crippen LogP contribution in [0.15, 0.2) is 27.5 Å². The molecule has 0 amide bonds. The topological polar surface area (TPSA) is 72.8 Å². The molecule has 2 aromatic heterocycles. The SMILES string of the molecule is O=c1[nH]c2nnc3ccc(Br)cc3c2n1C1CCOCC1. The summed E-state index contributed by atoms with van der Waals surface area (Å²) in [6.07, 6.45) is 1.68. The number of imidazole rings is 1. The molecule has 0 radical (unpaired) electrons. The number of ether oxygens (including phenoxy) is 1. The molecule has 0 unspecified atom stereocenters. The molecular formula is C14H13BrN4O2. The van der Waals surface area contributed by atoms with Gasteiger partial charge in [0.15, 0.2) is 5.65 Å². The lowest BCUT2D eigenvalue weighted by atomic mass is 10.1. The zero-order chi connectivity index (χ0) is 14.4. The third-order valence-corrected chi connectivity index (χ3v) is 4.43. The van der Waals surface area contributed by atoms with Crippen molar-refractivity contribution in [1.29, 1.82) is 0 Å². The number of aromatic nitrogens is 4. The average Bonchev–Trinajstić information content (AvgIpc) is 2.84. The summed E-state index contributed by atoms with van der Waals surface area (Å²) >= 11 is 3.48. The molecule has 1 N–H and O–H groups in total. The van der Waals surface area contributed by atoms with E-state index in [9.17, 15) is 4.79 Å². The van der Waals surface area contributed by atoms with Gasteiger partial charge in [-0.15, -0.1) is 10.2 Å². The van der Waals surface area contributed by atoms with E-state index in [1.807, 2.05) is 22.8 Å². The molecule has 1 fully saturated rings. The molecular weight excluding hydrogens is 336 g/mol. The third-order valence-electron chi connectivity index (χ3n) is 3.94. The van der Waals surface area contributed by atoms with Gasteiger partial charge in [-0.1, -0.05) is 15.9 Å². The molecule has 1 aliphatic heterocycles. The lowest BCUT2D eigenvalue weighted by Gasteiger charge is -2.23. The van der Waals surface area contributed by atoms with Crippen molar-refractivity contribution in [2.24, 2.45) is 0 Å². The fraction of sp³-hybridized carbons (Fsp3) is 0.357. The van der Waals surface area contributed by atoms with Crippen molar-refractivity contribution in [3.63, 3.8) is 0 Å². The second-order valence-electron chi connectivity index (χ2n) is 5.20. The summed E-state index contributed by atoms with van der Waals surface area (Å²) in [6, 6.07) is 5.95. The van der Waals surface area contributed by atoms with E-state index >= 15 is 0 Å². The van der Waals surface area contributed by atoms with Gasteiger partial charge in [-0.05, 0) is 31.0 Å². The number of nitrogens with one attached hydrogen (secondary N) is 1. The molecule has 0 spiro atoms. The molecule has 7 heteroatoms. The Balaban J connectivity index is 2.06. The fourth-order valence-electron chi connectivity index (χ4n) is 2.95. The molecule has 3 aromatic rings. The van der Waals surface area contributed by atoms with E-state index in [-0.39, 0.29) is 11.7 Å². The number of aromatic amines is 1. The van der Waals surface area contributed by atoms with Crippen LogP contribution in [0.1, 0.15) is 18.9 Å². The minimum atomic E-state index is -0.126. The zero-order valence-electron chi connectivity index (χ0n) is 11.2. The molecule has 6 nitrogen and oxygen atoms in total. The Hall–Kier alpha value is -1.73. The number of H-pyrrole nitrogens is 1. The molecule has 108 valence electrons. The lowest BCUT2D eigenvalue weighted by molar-refractivity contribution is 0.0698. The van der Waals surface area contributed by atoms with Gasteiger partial charge in [-0.25, -0.2) is 4.79 Å². The first-order valence-corrected chi connectivity index (χ1v) is 7.67. The van der Waals surface area contributed by atoms with Crippen LogP contribution in [0.2, 0.25) is 0 Å². The fourth-order valence-corrected chi connectivity index (χ4v) is 3.31. The zero-order valence-corrected chi connectivity index (χ0v) is 12.8. The number of hydrogen-bond acceptors (Lipinski definition) is 4. The smallest absolute Gasteiger partial charge is 0.328 e. The second-order valence-corrected chi connectivity index (χ2v) is 6.12. The van der Waals surface area contributed by atoms with E-state index in [1.165, 1.54) is 0 Å². The lowest BCUT2D eigenvalue weighted by Crippen LogP contribution is -2.27. The van der Waals surface area contributed by atoms with Crippen LogP contribution in [0, 0.1) is 0 Å². The highest BCUT2D eigenvalue weighted by molar-refractivity contribution is 9.10. The molecule has 0 aliphatic carbocycles.